The minimum absolute atomic E-state index is 0.0196. The molecule has 2 saturated heterocycles. The predicted octanol–water partition coefficient (Wildman–Crippen LogP) is -0.572. The van der Waals surface area contributed by atoms with E-state index < -0.39 is 226 Å². The standard InChI is InChI=1S/C69H85N9O24/c1-9-28(4)42-12-10-11-40(82)53-65(93)76-52(67(95)96)36-22-34(80)23-41(83)49(36)35-19-31(13-15-39(35)81)50(63(91)77-53)75-64(92)51-33-20-44(98-42)58(102-68-59(57(87)56(86)46(26-79)100-68)101-48-25-69(7,71)60(88)30(6)97-48)45(21-33)99-43-16-14-32(18-29(43)5)55(85)54(78-61(89)37(72-8)17-27(2)3)66(94)73-38(24-47(70)84)62(90)74-51/h9-16,18-23,27,30,37-38,40,46,48,50-57,59-60,68,72,79-83,85-88H,17,24-26,71H2,1-8H3,(H2,70,84)(H,73,94)(H,74,90)(H,75,92)(H,76,93)(H,77,91)(H,78,89)(H,95,96)/b11-10+,28-9-,42-12+/t30?,37-,38-,40+,46?,48?,50+,51+,52-,53-,54+,55+,56?,57?,59?,60?,68?,69?/m0/s1. The zero-order valence-corrected chi connectivity index (χ0v) is 56.6. The molecule has 10 rings (SSSR count). The van der Waals surface area contributed by atoms with Crippen LogP contribution in [0.1, 0.15) is 113 Å². The number of aliphatic carboxylic acids is 1. The number of phenolic OH excluding ortho intramolecular Hbond substituents is 3. The molecule has 9 bridgehead atoms. The van der Waals surface area contributed by atoms with E-state index in [0.717, 1.165) is 54.6 Å². The number of hydrogen-bond donors (Lipinski definition) is 19. The van der Waals surface area contributed by atoms with E-state index in [1.54, 1.807) is 19.9 Å². The Labute approximate surface area is 583 Å². The van der Waals surface area contributed by atoms with Gasteiger partial charge in [0.15, 0.2) is 29.9 Å². The quantitative estimate of drug-likeness (QED) is 0.0751. The first-order chi connectivity index (χ1) is 48.1. The van der Waals surface area contributed by atoms with Gasteiger partial charge in [0.1, 0.15) is 89.5 Å². The molecule has 6 heterocycles. The lowest BCUT2D eigenvalue weighted by molar-refractivity contribution is -0.333. The molecule has 550 valence electrons. The smallest absolute Gasteiger partial charge is 0.330 e. The van der Waals surface area contributed by atoms with E-state index >= 15 is 14.4 Å². The predicted molar refractivity (Wildman–Crippen MR) is 356 cm³/mol. The normalized spacial score (nSPS) is 30.6. The van der Waals surface area contributed by atoms with Gasteiger partial charge < -0.3 is 128 Å². The Hall–Kier alpha value is -9.78. The van der Waals surface area contributed by atoms with Crippen LogP contribution in [0.5, 0.6) is 40.2 Å². The third-order valence-corrected chi connectivity index (χ3v) is 18.1. The fourth-order valence-electron chi connectivity index (χ4n) is 12.5. The monoisotopic (exact) mass is 1420 g/mol. The van der Waals surface area contributed by atoms with Gasteiger partial charge in [0.25, 0.3) is 0 Å². The average molecular weight is 1420 g/mol. The first-order valence-corrected chi connectivity index (χ1v) is 32.6. The highest BCUT2D eigenvalue weighted by atomic mass is 16.8. The van der Waals surface area contributed by atoms with E-state index in [1.165, 1.54) is 52.1 Å². The van der Waals surface area contributed by atoms with E-state index in [2.05, 4.69) is 37.2 Å². The summed E-state index contributed by atoms with van der Waals surface area (Å²) >= 11 is 0. The molecule has 33 nitrogen and oxygen atoms in total. The van der Waals surface area contributed by atoms with Crippen molar-refractivity contribution in [1.82, 2.24) is 37.2 Å². The number of hydrogen-bond acceptors (Lipinski definition) is 25. The van der Waals surface area contributed by atoms with Crippen LogP contribution in [0.2, 0.25) is 0 Å². The highest BCUT2D eigenvalue weighted by Crippen LogP contribution is 2.48. The number of aliphatic hydroxyl groups excluding tert-OH is 6. The number of phenols is 3. The number of aryl methyl sites for hydroxylation is 1. The third kappa shape index (κ3) is 16.7. The molecule has 0 aromatic heterocycles. The summed E-state index contributed by atoms with van der Waals surface area (Å²) in [5, 5.41) is 132. The van der Waals surface area contributed by atoms with Crippen molar-refractivity contribution in [2.24, 2.45) is 17.4 Å². The number of carboxylic acid groups (broad SMARTS) is 1. The number of primary amides is 1. The first-order valence-electron chi connectivity index (χ1n) is 32.6. The number of nitrogens with two attached hydrogens (primary N) is 2. The molecular weight excluding hydrogens is 1340 g/mol. The average Bonchev–Trinajstić information content (AvgIpc) is 0.773. The highest BCUT2D eigenvalue weighted by Gasteiger charge is 2.51. The molecule has 2 fully saturated rings. The molecule has 0 aliphatic carbocycles. The Morgan fingerprint density at radius 2 is 1.46 bits per heavy atom. The van der Waals surface area contributed by atoms with Gasteiger partial charge >= 0.3 is 5.97 Å². The number of nitrogens with one attached hydrogen (secondary N) is 7. The molecule has 33 heteroatoms. The van der Waals surface area contributed by atoms with Crippen molar-refractivity contribution in [3.63, 3.8) is 0 Å². The van der Waals surface area contributed by atoms with Crippen molar-refractivity contribution in [2.75, 3.05) is 13.7 Å². The van der Waals surface area contributed by atoms with Crippen molar-refractivity contribution < 1.29 is 118 Å². The number of amides is 7. The van der Waals surface area contributed by atoms with Gasteiger partial charge in [0.05, 0.1) is 31.3 Å². The lowest BCUT2D eigenvalue weighted by atomic mass is 9.86. The largest absolute Gasteiger partial charge is 0.508 e. The second-order valence-electron chi connectivity index (χ2n) is 26.3. The molecule has 7 amide bonds. The zero-order chi connectivity index (χ0) is 74.7. The minimum Gasteiger partial charge on any atom is -0.508 e. The van der Waals surface area contributed by atoms with Crippen LogP contribution in [-0.4, -0.2) is 197 Å². The van der Waals surface area contributed by atoms with Crippen molar-refractivity contribution in [2.45, 2.75) is 177 Å². The van der Waals surface area contributed by atoms with Crippen LogP contribution in [-0.2, 0) is 52.6 Å². The molecular formula is C69H85N9O24. The van der Waals surface area contributed by atoms with Crippen LogP contribution in [0, 0.1) is 12.8 Å². The number of likely N-dealkylation sites (N-methyl/N-ethyl adjacent to an activating group) is 1. The van der Waals surface area contributed by atoms with E-state index in [1.807, 2.05) is 13.8 Å². The second kappa shape index (κ2) is 31.6. The Morgan fingerprint density at radius 3 is 2.10 bits per heavy atom. The van der Waals surface area contributed by atoms with Gasteiger partial charge in [-0.15, -0.1) is 0 Å². The van der Waals surface area contributed by atoms with E-state index in [0.29, 0.717) is 0 Å². The van der Waals surface area contributed by atoms with Crippen LogP contribution in [0.3, 0.4) is 0 Å². The van der Waals surface area contributed by atoms with Gasteiger partial charge in [-0.25, -0.2) is 4.79 Å². The number of carboxylic acids is 1. The van der Waals surface area contributed by atoms with Crippen molar-refractivity contribution >= 4 is 47.3 Å². The lowest BCUT2D eigenvalue weighted by Gasteiger charge is -2.47. The maximum atomic E-state index is 16.1. The molecule has 6 aliphatic rings. The minimum atomic E-state index is -2.29. The van der Waals surface area contributed by atoms with E-state index in [-0.39, 0.29) is 52.5 Å². The number of ether oxygens (including phenoxy) is 6. The number of fused-ring (bicyclic) bond motifs is 17. The summed E-state index contributed by atoms with van der Waals surface area (Å²) in [6.07, 6.45) is -13.1. The molecule has 18 atom stereocenters. The van der Waals surface area contributed by atoms with Crippen molar-refractivity contribution in [3.8, 4) is 51.4 Å². The van der Waals surface area contributed by atoms with Gasteiger partial charge in [-0.3, -0.25) is 33.6 Å². The highest BCUT2D eigenvalue weighted by molar-refractivity contribution is 6.00. The number of allylic oxidation sites excluding steroid dienone is 4. The van der Waals surface area contributed by atoms with Crippen molar-refractivity contribution in [1.29, 1.82) is 0 Å². The summed E-state index contributed by atoms with van der Waals surface area (Å²) in [7, 11) is 1.49. The molecule has 6 aliphatic heterocycles. The second-order valence-corrected chi connectivity index (χ2v) is 26.3. The van der Waals surface area contributed by atoms with Crippen LogP contribution >= 0.6 is 0 Å². The van der Waals surface area contributed by atoms with Gasteiger partial charge in [-0.1, -0.05) is 44.2 Å². The molecule has 21 N–H and O–H groups in total. The Morgan fingerprint density at radius 1 is 0.794 bits per heavy atom. The van der Waals surface area contributed by atoms with Gasteiger partial charge in [0, 0.05) is 34.7 Å². The van der Waals surface area contributed by atoms with Gasteiger partial charge in [-0.2, -0.15) is 0 Å². The van der Waals surface area contributed by atoms with E-state index in [4.69, 9.17) is 39.9 Å². The molecule has 0 spiro atoms. The number of carbonyl (C=O) groups is 8. The van der Waals surface area contributed by atoms with Crippen molar-refractivity contribution in [3.05, 3.63) is 124 Å². The number of rotatable bonds is 14. The topological polar surface area (TPSA) is 530 Å². The molecule has 0 saturated carbocycles. The molecule has 9 unspecified atom stereocenters. The molecule has 0 radical (unpaired) electrons. The van der Waals surface area contributed by atoms with Crippen LogP contribution < -0.4 is 62.9 Å². The molecule has 4 aromatic rings. The Kier molecular flexibility index (Phi) is 23.7. The zero-order valence-electron chi connectivity index (χ0n) is 56.6. The summed E-state index contributed by atoms with van der Waals surface area (Å²) < 4.78 is 38.9. The fraction of sp³-hybridized carbons (Fsp3) is 0.449. The maximum Gasteiger partial charge on any atom is 0.330 e. The summed E-state index contributed by atoms with van der Waals surface area (Å²) in [5.74, 6) is -14.8. The summed E-state index contributed by atoms with van der Waals surface area (Å²) in [6.45, 7) is 10.4. The first kappa shape index (κ1) is 76.4. The fourth-order valence-corrected chi connectivity index (χ4v) is 12.5. The summed E-state index contributed by atoms with van der Waals surface area (Å²) in [4.78, 5) is 117. The van der Waals surface area contributed by atoms with Crippen LogP contribution in [0.4, 0.5) is 0 Å². The lowest BCUT2D eigenvalue weighted by Crippen LogP contribution is -2.64. The molecule has 4 aromatic carbocycles. The summed E-state index contributed by atoms with van der Waals surface area (Å²) in [6, 6.07) is -2.89. The Bertz CT molecular complexity index is 3990. The van der Waals surface area contributed by atoms with E-state index in [9.17, 15) is 75.0 Å². The number of benzene rings is 4. The molecule has 102 heavy (non-hydrogen) atoms. The SMILES string of the molecule is C\C=C(C)/C1=C\C=C\[C@@H](O)[C@@H]2NC(=O)[C@H](NC(=O)[C@@H]3NC(=O)[C@H](CC(N)=O)NC(=O)[C@H](NC(=O)[C@H](CC(C)C)NC)[C@H](O)c4ccc(c(C)c4)Oc4cc3cc(c4OC3OC(CO)C(O)C(O)C3OC3CC(C)(N)C(O)C(C)O3)O1)c1ccc(O)c(c1)-c1c(O)cc(O)cc1[C@@H](C(=O)O)NC2=O. The van der Waals surface area contributed by atoms with Gasteiger partial charge in [-0.05, 0) is 130 Å². The number of carbonyl (C=O) groups excluding carboxylic acids is 7. The number of aromatic hydroxyl groups is 3. The summed E-state index contributed by atoms with van der Waals surface area (Å²) in [5.41, 5.74) is 9.14. The number of aliphatic hydroxyl groups is 6. The maximum absolute atomic E-state index is 16.1. The van der Waals surface area contributed by atoms with Gasteiger partial charge in [0.2, 0.25) is 53.4 Å². The van der Waals surface area contributed by atoms with Crippen LogP contribution in [0.25, 0.3) is 11.1 Å². The van der Waals surface area contributed by atoms with Crippen LogP contribution in [0.15, 0.2) is 96.3 Å². The third-order valence-electron chi connectivity index (χ3n) is 18.1. The Balaban J connectivity index is 1.34.